The van der Waals surface area contributed by atoms with Crippen LogP contribution in [0, 0.1) is 11.8 Å². The largest absolute Gasteiger partial charge is 0.394 e. The Bertz CT molecular complexity index is 484. The van der Waals surface area contributed by atoms with Crippen molar-refractivity contribution in [1.82, 2.24) is 5.32 Å². The third-order valence-electron chi connectivity index (χ3n) is 7.18. The summed E-state index contributed by atoms with van der Waals surface area (Å²) in [6.07, 6.45) is 19.8. The first-order valence-corrected chi connectivity index (χ1v) is 15.6. The highest BCUT2D eigenvalue weighted by Gasteiger charge is 2.07. The van der Waals surface area contributed by atoms with Crippen LogP contribution in [0.5, 0.6) is 0 Å². The summed E-state index contributed by atoms with van der Waals surface area (Å²) in [7, 11) is 0. The van der Waals surface area contributed by atoms with Crippen molar-refractivity contribution in [3.63, 3.8) is 0 Å². The topological polar surface area (TPSA) is 105 Å². The molecule has 0 fully saturated rings. The molecule has 0 saturated heterocycles. The standard InChI is InChI=1S/C31H61NO6/c1-28(14-7-3-5-9-18-30(35)19-13-24-37-26-22-33)16-11-12-17-29(2)15-8-4-6-10-20-31(36)32-21-25-38-27-23-34/h28-29,33-34H,3-27H2,1-2H3,(H,32,36). The van der Waals surface area contributed by atoms with Gasteiger partial charge in [0.2, 0.25) is 5.91 Å². The molecular formula is C31H61NO6. The molecule has 7 nitrogen and oxygen atoms in total. The number of ketones is 1. The number of aliphatic hydroxyl groups is 2. The predicted molar refractivity (Wildman–Crippen MR) is 155 cm³/mol. The molecule has 2 atom stereocenters. The van der Waals surface area contributed by atoms with E-state index >= 15 is 0 Å². The smallest absolute Gasteiger partial charge is 0.220 e. The lowest BCUT2D eigenvalue weighted by Gasteiger charge is -2.13. The Balaban J connectivity index is 3.42. The molecule has 0 spiro atoms. The molecule has 0 aliphatic rings. The fourth-order valence-corrected chi connectivity index (χ4v) is 4.76. The second-order valence-corrected chi connectivity index (χ2v) is 11.1. The molecule has 38 heavy (non-hydrogen) atoms. The van der Waals surface area contributed by atoms with Gasteiger partial charge in [-0.1, -0.05) is 90.9 Å². The summed E-state index contributed by atoms with van der Waals surface area (Å²) in [5.74, 6) is 2.04. The molecule has 0 aliphatic carbocycles. The van der Waals surface area contributed by atoms with Gasteiger partial charge >= 0.3 is 0 Å². The lowest BCUT2D eigenvalue weighted by molar-refractivity contribution is -0.121. The lowest BCUT2D eigenvalue weighted by Crippen LogP contribution is -2.27. The average Bonchev–Trinajstić information content (AvgIpc) is 2.90. The second kappa shape index (κ2) is 29.0. The first-order valence-electron chi connectivity index (χ1n) is 15.6. The summed E-state index contributed by atoms with van der Waals surface area (Å²) in [5, 5.41) is 20.1. The van der Waals surface area contributed by atoms with Gasteiger partial charge in [-0.2, -0.15) is 0 Å². The minimum atomic E-state index is 0.0194. The number of rotatable bonds is 30. The van der Waals surface area contributed by atoms with Crippen molar-refractivity contribution in [1.29, 1.82) is 0 Å². The Hall–Kier alpha value is -1.02. The fraction of sp³-hybridized carbons (Fsp3) is 0.935. The van der Waals surface area contributed by atoms with Crippen molar-refractivity contribution in [2.24, 2.45) is 11.8 Å². The van der Waals surface area contributed by atoms with Crippen molar-refractivity contribution >= 4 is 11.7 Å². The van der Waals surface area contributed by atoms with Crippen LogP contribution in [0.4, 0.5) is 0 Å². The van der Waals surface area contributed by atoms with Crippen LogP contribution < -0.4 is 5.32 Å². The number of Topliss-reactive ketones (excluding diaryl/α,β-unsaturated/α-hetero) is 1. The van der Waals surface area contributed by atoms with Crippen LogP contribution in [0.25, 0.3) is 0 Å². The third-order valence-corrected chi connectivity index (χ3v) is 7.18. The van der Waals surface area contributed by atoms with Gasteiger partial charge in [-0.3, -0.25) is 9.59 Å². The molecule has 0 radical (unpaired) electrons. The maximum absolute atomic E-state index is 11.9. The van der Waals surface area contributed by atoms with Crippen LogP contribution >= 0.6 is 0 Å². The Labute approximate surface area is 233 Å². The number of carbonyl (C=O) groups is 2. The van der Waals surface area contributed by atoms with E-state index in [0.717, 1.165) is 43.9 Å². The molecule has 2 unspecified atom stereocenters. The number of hydrogen-bond donors (Lipinski definition) is 3. The molecule has 226 valence electrons. The van der Waals surface area contributed by atoms with Gasteiger partial charge in [0.1, 0.15) is 5.78 Å². The van der Waals surface area contributed by atoms with Gasteiger partial charge < -0.3 is 25.0 Å². The molecular weight excluding hydrogens is 482 g/mol. The zero-order valence-electron chi connectivity index (χ0n) is 24.9. The van der Waals surface area contributed by atoms with Crippen LogP contribution in [0.15, 0.2) is 0 Å². The Morgan fingerprint density at radius 3 is 1.58 bits per heavy atom. The summed E-state index contributed by atoms with van der Waals surface area (Å²) >= 11 is 0. The van der Waals surface area contributed by atoms with Gasteiger partial charge in [-0.25, -0.2) is 0 Å². The van der Waals surface area contributed by atoms with E-state index in [0.29, 0.717) is 58.0 Å². The van der Waals surface area contributed by atoms with Crippen LogP contribution in [-0.2, 0) is 19.1 Å². The molecule has 0 heterocycles. The van der Waals surface area contributed by atoms with E-state index in [1.807, 2.05) is 0 Å². The van der Waals surface area contributed by atoms with Crippen LogP contribution in [0.1, 0.15) is 129 Å². The number of hydrogen-bond acceptors (Lipinski definition) is 6. The Kier molecular flexibility index (Phi) is 28.2. The van der Waals surface area contributed by atoms with E-state index in [9.17, 15) is 9.59 Å². The Morgan fingerprint density at radius 1 is 0.579 bits per heavy atom. The summed E-state index contributed by atoms with van der Waals surface area (Å²) in [4.78, 5) is 23.6. The van der Waals surface area contributed by atoms with Gasteiger partial charge in [-0.05, 0) is 31.1 Å². The summed E-state index contributed by atoms with van der Waals surface area (Å²) < 4.78 is 10.3. The number of aliphatic hydroxyl groups excluding tert-OH is 2. The molecule has 0 rings (SSSR count). The van der Waals surface area contributed by atoms with Gasteiger partial charge in [0.05, 0.1) is 33.0 Å². The zero-order valence-corrected chi connectivity index (χ0v) is 24.9. The van der Waals surface area contributed by atoms with Crippen molar-refractivity contribution in [3.05, 3.63) is 0 Å². The molecule has 0 aliphatic heterocycles. The van der Waals surface area contributed by atoms with E-state index in [-0.39, 0.29) is 19.1 Å². The molecule has 0 bridgehead atoms. The quantitative estimate of drug-likeness (QED) is 0.0962. The molecule has 1 amide bonds. The zero-order chi connectivity index (χ0) is 28.1. The summed E-state index contributed by atoms with van der Waals surface area (Å²) in [6.45, 7) is 7.06. The average molecular weight is 544 g/mol. The lowest BCUT2D eigenvalue weighted by atomic mass is 9.93. The number of amides is 1. The van der Waals surface area contributed by atoms with E-state index in [4.69, 9.17) is 19.7 Å². The minimum absolute atomic E-state index is 0.0194. The molecule has 0 aromatic heterocycles. The SMILES string of the molecule is CC(CCCCCCC(=O)CCCOCCO)CCCCC(C)CCCCCCC(=O)NCCOCCO. The summed E-state index contributed by atoms with van der Waals surface area (Å²) in [5.41, 5.74) is 0. The van der Waals surface area contributed by atoms with Gasteiger partial charge in [0.25, 0.3) is 0 Å². The monoisotopic (exact) mass is 543 g/mol. The summed E-state index contributed by atoms with van der Waals surface area (Å²) in [6, 6.07) is 0. The molecule has 3 N–H and O–H groups in total. The molecule has 0 aromatic rings. The Morgan fingerprint density at radius 2 is 1.03 bits per heavy atom. The van der Waals surface area contributed by atoms with Crippen LogP contribution in [-0.4, -0.2) is 68.1 Å². The highest BCUT2D eigenvalue weighted by atomic mass is 16.5. The fourth-order valence-electron chi connectivity index (χ4n) is 4.76. The maximum Gasteiger partial charge on any atom is 0.220 e. The molecule has 0 aromatic carbocycles. The number of unbranched alkanes of at least 4 members (excludes halogenated alkanes) is 7. The highest BCUT2D eigenvalue weighted by Crippen LogP contribution is 2.21. The van der Waals surface area contributed by atoms with Gasteiger partial charge in [0, 0.05) is 32.4 Å². The number of nitrogens with one attached hydrogen (secondary N) is 1. The minimum Gasteiger partial charge on any atom is -0.394 e. The van der Waals surface area contributed by atoms with Gasteiger partial charge in [0.15, 0.2) is 0 Å². The van der Waals surface area contributed by atoms with E-state index in [1.54, 1.807) is 0 Å². The van der Waals surface area contributed by atoms with Crippen molar-refractivity contribution in [2.45, 2.75) is 129 Å². The normalized spacial score (nSPS) is 12.9. The van der Waals surface area contributed by atoms with E-state index in [1.165, 1.54) is 64.2 Å². The van der Waals surface area contributed by atoms with E-state index < -0.39 is 0 Å². The first-order chi connectivity index (χ1) is 18.5. The van der Waals surface area contributed by atoms with Gasteiger partial charge in [-0.15, -0.1) is 0 Å². The van der Waals surface area contributed by atoms with Crippen molar-refractivity contribution in [2.75, 3.05) is 46.2 Å². The number of carbonyl (C=O) groups excluding carboxylic acids is 2. The first kappa shape index (κ1) is 37.0. The third kappa shape index (κ3) is 28.0. The molecule has 7 heteroatoms. The van der Waals surface area contributed by atoms with Crippen molar-refractivity contribution in [3.8, 4) is 0 Å². The van der Waals surface area contributed by atoms with Crippen LogP contribution in [0.3, 0.4) is 0 Å². The van der Waals surface area contributed by atoms with Crippen molar-refractivity contribution < 1.29 is 29.3 Å². The van der Waals surface area contributed by atoms with E-state index in [2.05, 4.69) is 19.2 Å². The highest BCUT2D eigenvalue weighted by molar-refractivity contribution is 5.78. The predicted octanol–water partition coefficient (Wildman–Crippen LogP) is 5.98. The molecule has 0 saturated carbocycles. The maximum atomic E-state index is 11.9. The number of ether oxygens (including phenoxy) is 2. The second-order valence-electron chi connectivity index (χ2n) is 11.1. The van der Waals surface area contributed by atoms with Crippen LogP contribution in [0.2, 0.25) is 0 Å².